The fourth-order valence-corrected chi connectivity index (χ4v) is 2.44. The van der Waals surface area contributed by atoms with Gasteiger partial charge in [0, 0.05) is 17.3 Å². The van der Waals surface area contributed by atoms with Crippen LogP contribution in [-0.4, -0.2) is 26.1 Å². The highest BCUT2D eigenvalue weighted by atomic mass is 35.5. The SMILES string of the molecule is COc1ccccc1CCNC(=O)CNc1cc(Cl)ccc1C. The molecular weight excluding hydrogens is 312 g/mol. The number of methoxy groups -OCH3 is 1. The van der Waals surface area contributed by atoms with E-state index in [2.05, 4.69) is 10.6 Å². The summed E-state index contributed by atoms with van der Waals surface area (Å²) in [6, 6.07) is 13.4. The van der Waals surface area contributed by atoms with Crippen LogP contribution in [-0.2, 0) is 11.2 Å². The van der Waals surface area contributed by atoms with Crippen molar-refractivity contribution in [1.29, 1.82) is 0 Å². The summed E-state index contributed by atoms with van der Waals surface area (Å²) in [6.07, 6.45) is 0.728. The Hall–Kier alpha value is -2.20. The van der Waals surface area contributed by atoms with Gasteiger partial charge < -0.3 is 15.4 Å². The number of halogens is 1. The van der Waals surface area contributed by atoms with Crippen LogP contribution >= 0.6 is 11.6 Å². The van der Waals surface area contributed by atoms with Gasteiger partial charge >= 0.3 is 0 Å². The zero-order valence-corrected chi connectivity index (χ0v) is 14.1. The molecule has 1 amide bonds. The van der Waals surface area contributed by atoms with Gasteiger partial charge in [0.1, 0.15) is 5.75 Å². The topological polar surface area (TPSA) is 50.4 Å². The fourth-order valence-electron chi connectivity index (χ4n) is 2.27. The number of carbonyl (C=O) groups is 1. The molecular formula is C18H21ClN2O2. The minimum atomic E-state index is -0.0562. The molecule has 0 aromatic heterocycles. The van der Waals surface area contributed by atoms with Gasteiger partial charge in [-0.15, -0.1) is 0 Å². The lowest BCUT2D eigenvalue weighted by molar-refractivity contribution is -0.119. The zero-order chi connectivity index (χ0) is 16.7. The van der Waals surface area contributed by atoms with E-state index in [1.807, 2.05) is 49.4 Å². The Bertz CT molecular complexity index is 674. The third-order valence-corrected chi connectivity index (χ3v) is 3.78. The van der Waals surface area contributed by atoms with Gasteiger partial charge in [-0.05, 0) is 42.7 Å². The van der Waals surface area contributed by atoms with Gasteiger partial charge in [-0.2, -0.15) is 0 Å². The van der Waals surface area contributed by atoms with Gasteiger partial charge in [0.25, 0.3) is 0 Å². The van der Waals surface area contributed by atoms with Crippen LogP contribution in [0.1, 0.15) is 11.1 Å². The zero-order valence-electron chi connectivity index (χ0n) is 13.4. The summed E-state index contributed by atoms with van der Waals surface area (Å²) < 4.78 is 5.30. The van der Waals surface area contributed by atoms with Crippen LogP contribution in [0, 0.1) is 6.92 Å². The van der Waals surface area contributed by atoms with Crippen molar-refractivity contribution < 1.29 is 9.53 Å². The predicted octanol–water partition coefficient (Wildman–Crippen LogP) is 3.43. The van der Waals surface area contributed by atoms with E-state index in [0.29, 0.717) is 11.6 Å². The van der Waals surface area contributed by atoms with E-state index < -0.39 is 0 Å². The average Bonchev–Trinajstić information content (AvgIpc) is 2.56. The second kappa shape index (κ2) is 8.44. The summed E-state index contributed by atoms with van der Waals surface area (Å²) in [5, 5.41) is 6.65. The molecule has 0 aliphatic carbocycles. The summed E-state index contributed by atoms with van der Waals surface area (Å²) >= 11 is 5.96. The highest BCUT2D eigenvalue weighted by Gasteiger charge is 2.05. The third kappa shape index (κ3) is 5.18. The van der Waals surface area contributed by atoms with Crippen LogP contribution in [0.25, 0.3) is 0 Å². The molecule has 2 aromatic rings. The predicted molar refractivity (Wildman–Crippen MR) is 94.4 cm³/mol. The Morgan fingerprint density at radius 2 is 2.00 bits per heavy atom. The first-order valence-electron chi connectivity index (χ1n) is 7.49. The van der Waals surface area contributed by atoms with E-state index in [1.165, 1.54) is 0 Å². The standard InChI is InChI=1S/C18H21ClN2O2/c1-13-7-8-15(19)11-16(13)21-12-18(22)20-10-9-14-5-3-4-6-17(14)23-2/h3-8,11,21H,9-10,12H2,1-2H3,(H,20,22). The van der Waals surface area contributed by atoms with Gasteiger partial charge in [-0.25, -0.2) is 0 Å². The number of hydrogen-bond acceptors (Lipinski definition) is 3. The Balaban J connectivity index is 1.78. The monoisotopic (exact) mass is 332 g/mol. The molecule has 0 atom stereocenters. The number of carbonyl (C=O) groups excluding carboxylic acids is 1. The van der Waals surface area contributed by atoms with Crippen LogP contribution < -0.4 is 15.4 Å². The highest BCUT2D eigenvalue weighted by molar-refractivity contribution is 6.30. The van der Waals surface area contributed by atoms with Crippen molar-refractivity contribution in [3.8, 4) is 5.75 Å². The van der Waals surface area contributed by atoms with E-state index in [-0.39, 0.29) is 12.5 Å². The second-order valence-electron chi connectivity index (χ2n) is 5.22. The maximum atomic E-state index is 11.9. The van der Waals surface area contributed by atoms with Crippen molar-refractivity contribution in [1.82, 2.24) is 5.32 Å². The molecule has 5 heteroatoms. The number of aryl methyl sites for hydroxylation is 1. The molecule has 0 bridgehead atoms. The molecule has 23 heavy (non-hydrogen) atoms. The van der Waals surface area contributed by atoms with Crippen molar-refractivity contribution in [2.24, 2.45) is 0 Å². The number of rotatable bonds is 7. The number of hydrogen-bond donors (Lipinski definition) is 2. The Morgan fingerprint density at radius 3 is 2.78 bits per heavy atom. The van der Waals surface area contributed by atoms with Crippen molar-refractivity contribution in [2.45, 2.75) is 13.3 Å². The molecule has 0 saturated heterocycles. The third-order valence-electron chi connectivity index (χ3n) is 3.55. The summed E-state index contributed by atoms with van der Waals surface area (Å²) in [5.74, 6) is 0.786. The summed E-state index contributed by atoms with van der Waals surface area (Å²) in [7, 11) is 1.65. The quantitative estimate of drug-likeness (QED) is 0.816. The number of benzene rings is 2. The molecule has 0 radical (unpaired) electrons. The van der Waals surface area contributed by atoms with E-state index in [9.17, 15) is 4.79 Å². The van der Waals surface area contributed by atoms with Crippen molar-refractivity contribution in [3.63, 3.8) is 0 Å². The Kier molecular flexibility index (Phi) is 6.29. The molecule has 0 aliphatic heterocycles. The van der Waals surface area contributed by atoms with Gasteiger partial charge in [0.2, 0.25) is 5.91 Å². The van der Waals surface area contributed by atoms with E-state index in [1.54, 1.807) is 7.11 Å². The first-order chi connectivity index (χ1) is 11.1. The van der Waals surface area contributed by atoms with Gasteiger partial charge in [-0.1, -0.05) is 35.9 Å². The molecule has 0 fully saturated rings. The summed E-state index contributed by atoms with van der Waals surface area (Å²) in [6.45, 7) is 2.75. The van der Waals surface area contributed by atoms with Crippen LogP contribution in [0.15, 0.2) is 42.5 Å². The number of amides is 1. The lowest BCUT2D eigenvalue weighted by Gasteiger charge is -2.11. The molecule has 0 unspecified atom stereocenters. The largest absolute Gasteiger partial charge is 0.496 e. The van der Waals surface area contributed by atoms with E-state index >= 15 is 0 Å². The lowest BCUT2D eigenvalue weighted by atomic mass is 10.1. The Labute approximate surface area is 141 Å². The average molecular weight is 333 g/mol. The normalized spacial score (nSPS) is 10.2. The maximum Gasteiger partial charge on any atom is 0.239 e. The lowest BCUT2D eigenvalue weighted by Crippen LogP contribution is -2.31. The first-order valence-corrected chi connectivity index (χ1v) is 7.86. The van der Waals surface area contributed by atoms with Crippen LogP contribution in [0.4, 0.5) is 5.69 Å². The smallest absolute Gasteiger partial charge is 0.239 e. The van der Waals surface area contributed by atoms with Crippen LogP contribution in [0.5, 0.6) is 5.75 Å². The molecule has 2 aromatic carbocycles. The molecule has 2 rings (SSSR count). The van der Waals surface area contributed by atoms with Gasteiger partial charge in [0.15, 0.2) is 0 Å². The minimum Gasteiger partial charge on any atom is -0.496 e. The minimum absolute atomic E-state index is 0.0562. The van der Waals surface area contributed by atoms with Crippen LogP contribution in [0.3, 0.4) is 0 Å². The number of anilines is 1. The molecule has 4 nitrogen and oxygen atoms in total. The van der Waals surface area contributed by atoms with Gasteiger partial charge in [-0.3, -0.25) is 4.79 Å². The number of para-hydroxylation sites is 1. The summed E-state index contributed by atoms with van der Waals surface area (Å²) in [5.41, 5.74) is 3.00. The van der Waals surface area contributed by atoms with Crippen LogP contribution in [0.2, 0.25) is 5.02 Å². The Morgan fingerprint density at radius 1 is 1.22 bits per heavy atom. The second-order valence-corrected chi connectivity index (χ2v) is 5.66. The fraction of sp³-hybridized carbons (Fsp3) is 0.278. The van der Waals surface area contributed by atoms with E-state index in [0.717, 1.165) is 29.0 Å². The molecule has 0 spiro atoms. The molecule has 0 saturated carbocycles. The van der Waals surface area contributed by atoms with Crippen molar-refractivity contribution in [2.75, 3.05) is 25.5 Å². The molecule has 0 aliphatic rings. The number of nitrogens with one attached hydrogen (secondary N) is 2. The summed E-state index contributed by atoms with van der Waals surface area (Å²) in [4.78, 5) is 11.9. The molecule has 0 heterocycles. The number of ether oxygens (including phenoxy) is 1. The maximum absolute atomic E-state index is 11.9. The molecule has 2 N–H and O–H groups in total. The van der Waals surface area contributed by atoms with Crippen molar-refractivity contribution in [3.05, 3.63) is 58.6 Å². The highest BCUT2D eigenvalue weighted by Crippen LogP contribution is 2.20. The van der Waals surface area contributed by atoms with E-state index in [4.69, 9.17) is 16.3 Å². The van der Waals surface area contributed by atoms with Crippen molar-refractivity contribution >= 4 is 23.2 Å². The first kappa shape index (κ1) is 17.2. The molecule has 122 valence electrons. The van der Waals surface area contributed by atoms with Gasteiger partial charge in [0.05, 0.1) is 13.7 Å².